The van der Waals surface area contributed by atoms with E-state index in [4.69, 9.17) is 104 Å². The number of imidazole rings is 1. The first-order valence-corrected chi connectivity index (χ1v) is 21.2. The predicted molar refractivity (Wildman–Crippen MR) is 271 cm³/mol. The Morgan fingerprint density at radius 3 is 1.60 bits per heavy atom. The fraction of sp³-hybridized carbons (Fsp3) is 0.213. The number of para-hydroxylation sites is 2. The summed E-state index contributed by atoms with van der Waals surface area (Å²) in [6.45, 7) is 9.01. The molecule has 1 aliphatic heterocycles. The molecule has 0 fully saturated rings. The molecule has 0 spiro atoms. The van der Waals surface area contributed by atoms with E-state index in [2.05, 4.69) is 52.0 Å². The summed E-state index contributed by atoms with van der Waals surface area (Å²) in [6, 6.07) is 34.6. The molecule has 6 aromatic carbocycles. The van der Waals surface area contributed by atoms with Crippen LogP contribution in [0, 0.1) is 0 Å². The van der Waals surface area contributed by atoms with Gasteiger partial charge in [0.25, 0.3) is 0 Å². The first-order valence-electron chi connectivity index (χ1n) is 20.4. The van der Waals surface area contributed by atoms with Gasteiger partial charge < -0.3 is 4.42 Å². The van der Waals surface area contributed by atoms with Crippen molar-refractivity contribution >= 4 is 134 Å². The van der Waals surface area contributed by atoms with Crippen molar-refractivity contribution in [1.29, 1.82) is 0 Å². The van der Waals surface area contributed by atoms with Gasteiger partial charge in [0.15, 0.2) is 5.58 Å². The Morgan fingerprint density at radius 1 is 0.508 bits per heavy atom. The van der Waals surface area contributed by atoms with Gasteiger partial charge in [0, 0.05) is 15.4 Å². The Hall–Kier alpha value is -4.28. The molecule has 276 valence electrons. The normalized spacial score (nSPS) is 15.3. The molecule has 9 rings (SSSR count). The number of oxazole rings is 1. The minimum Gasteiger partial charge on any atom is -0.422 e. The van der Waals surface area contributed by atoms with Crippen LogP contribution in [0.15, 0.2) is 123 Å². The van der Waals surface area contributed by atoms with Crippen molar-refractivity contribution in [3.8, 4) is 33.4 Å². The van der Waals surface area contributed by atoms with Crippen molar-refractivity contribution in [3.05, 3.63) is 143 Å². The number of hydrogen-bond acceptors (Lipinski definition) is 3. The molecule has 0 aliphatic carbocycles. The molecule has 0 bridgehead atoms. The number of aromatic nitrogens is 2. The lowest BCUT2D eigenvalue weighted by Crippen LogP contribution is -2.40. The van der Waals surface area contributed by atoms with Crippen molar-refractivity contribution in [2.24, 2.45) is 0 Å². The Labute approximate surface area is 390 Å². The first-order chi connectivity index (χ1) is 29.3. The molecule has 2 aromatic heterocycles. The standard InChI is InChI=1S/C47H30B12N2OS/c1-42(2)29-9-5-8-12-36(29)63-40-32(43(42,3)4)18-17-31(47(57,58)59)38(40)24-14-16-28(45(51,52)53)26(22-24)25-21-23(13-15-27(25)44(48,49)50)37-30(46(54,55)56)19-20-35-39(37)62-41-60-33-10-6-7-11-34(33)61(35)41/h5-22H,1-4H3. The summed E-state index contributed by atoms with van der Waals surface area (Å²) < 4.78 is 8.45. The molecule has 0 unspecified atom stereocenters. The minimum atomic E-state index is -1.88. The third-order valence-electron chi connectivity index (χ3n) is 13.0. The second kappa shape index (κ2) is 14.6. The van der Waals surface area contributed by atoms with Crippen LogP contribution in [0.2, 0.25) is 0 Å². The molecule has 63 heavy (non-hydrogen) atoms. The molecular formula is C47H30B12N2OS. The van der Waals surface area contributed by atoms with Crippen molar-refractivity contribution in [3.63, 3.8) is 0 Å². The minimum absolute atomic E-state index is 0.304. The molecule has 3 heterocycles. The van der Waals surface area contributed by atoms with Gasteiger partial charge in [0.05, 0.1) is 111 Å². The van der Waals surface area contributed by atoms with Gasteiger partial charge in [0.2, 0.25) is 0 Å². The van der Waals surface area contributed by atoms with Crippen LogP contribution in [0.3, 0.4) is 0 Å². The first kappa shape index (κ1) is 43.9. The van der Waals surface area contributed by atoms with E-state index in [1.54, 1.807) is 36.0 Å². The smallest absolute Gasteiger partial charge is 0.307 e. The summed E-state index contributed by atoms with van der Waals surface area (Å²) in [7, 11) is 78.9. The Balaban J connectivity index is 1.36. The van der Waals surface area contributed by atoms with E-state index in [9.17, 15) is 0 Å². The van der Waals surface area contributed by atoms with Gasteiger partial charge in [-0.3, -0.25) is 4.40 Å². The van der Waals surface area contributed by atoms with Crippen LogP contribution in [0.25, 0.3) is 61.4 Å². The van der Waals surface area contributed by atoms with Crippen LogP contribution >= 0.6 is 11.8 Å². The highest BCUT2D eigenvalue weighted by Crippen LogP contribution is 2.57. The zero-order valence-electron chi connectivity index (χ0n) is 35.5. The molecule has 0 saturated carbocycles. The van der Waals surface area contributed by atoms with Crippen molar-refractivity contribution in [1.82, 2.24) is 9.38 Å². The van der Waals surface area contributed by atoms with Crippen LogP contribution in [-0.4, -0.2) is 104 Å². The average molecular weight is 801 g/mol. The second-order valence-corrected chi connectivity index (χ2v) is 19.2. The van der Waals surface area contributed by atoms with E-state index in [1.165, 1.54) is 5.56 Å². The Morgan fingerprint density at radius 2 is 1.00 bits per heavy atom. The van der Waals surface area contributed by atoms with E-state index < -0.39 is 25.9 Å². The number of benzene rings is 6. The molecule has 16 heteroatoms. The maximum atomic E-state index is 6.63. The molecule has 1 aliphatic rings. The number of hydrogen-bond donors (Lipinski definition) is 0. The highest BCUT2D eigenvalue weighted by molar-refractivity contribution is 7.99. The monoisotopic (exact) mass is 802 g/mol. The van der Waals surface area contributed by atoms with E-state index in [0.717, 1.165) is 26.4 Å². The number of nitrogens with zero attached hydrogens (tertiary/aromatic N) is 2. The van der Waals surface area contributed by atoms with Gasteiger partial charge in [-0.1, -0.05) is 135 Å². The lowest BCUT2D eigenvalue weighted by Gasteiger charge is -2.43. The third kappa shape index (κ3) is 7.11. The Kier molecular flexibility index (Phi) is 10.2. The third-order valence-corrected chi connectivity index (χ3v) is 14.2. The molecule has 0 atom stereocenters. The molecule has 8 aromatic rings. The number of fused-ring (bicyclic) bond motifs is 7. The summed E-state index contributed by atoms with van der Waals surface area (Å²) in [6.07, 6.45) is 0. The zero-order chi connectivity index (χ0) is 45.4. The lowest BCUT2D eigenvalue weighted by atomic mass is 9.38. The molecule has 24 radical (unpaired) electrons. The van der Waals surface area contributed by atoms with E-state index >= 15 is 0 Å². The van der Waals surface area contributed by atoms with Crippen molar-refractivity contribution in [2.45, 2.75) is 68.8 Å². The SMILES string of the molecule is [B]C([B])([B])c1ccc(-c2c(C([B])([B])[B])ccc3c2Sc2ccccc2C(C)(C)C3(C)C)cc1-c1cc(-c2c(C([B])([B])[B])ccc3c2oc2nc4ccccc4n23)ccc1C([B])([B])[B]. The van der Waals surface area contributed by atoms with Crippen LogP contribution in [-0.2, 0) is 31.3 Å². The van der Waals surface area contributed by atoms with Gasteiger partial charge in [0.1, 0.15) is 0 Å². The topological polar surface area (TPSA) is 30.4 Å². The van der Waals surface area contributed by atoms with Crippen LogP contribution in [0.5, 0.6) is 0 Å². The summed E-state index contributed by atoms with van der Waals surface area (Å²) in [5.74, 6) is 0.359. The van der Waals surface area contributed by atoms with E-state index in [-0.39, 0.29) is 5.41 Å². The fourth-order valence-electron chi connectivity index (χ4n) is 9.18. The highest BCUT2D eigenvalue weighted by Gasteiger charge is 2.45. The van der Waals surface area contributed by atoms with Crippen molar-refractivity contribution in [2.75, 3.05) is 0 Å². The summed E-state index contributed by atoms with van der Waals surface area (Å²) in [4.78, 5) is 6.75. The summed E-state index contributed by atoms with van der Waals surface area (Å²) in [5, 5.41) is -7.34. The molecular weight excluding hydrogens is 770 g/mol. The largest absolute Gasteiger partial charge is 0.422 e. The van der Waals surface area contributed by atoms with Gasteiger partial charge >= 0.3 is 5.84 Å². The maximum Gasteiger partial charge on any atom is 0.307 e. The second-order valence-electron chi connectivity index (χ2n) is 18.1. The molecule has 0 saturated heterocycles. The average Bonchev–Trinajstić information content (AvgIpc) is 3.73. The lowest BCUT2D eigenvalue weighted by molar-refractivity contribution is 0.296. The highest BCUT2D eigenvalue weighted by atomic mass is 32.2. The van der Waals surface area contributed by atoms with E-state index in [1.807, 2.05) is 65.1 Å². The number of rotatable bonds is 7. The van der Waals surface area contributed by atoms with Gasteiger partial charge in [-0.15, -0.1) is 20.5 Å². The van der Waals surface area contributed by atoms with E-state index in [0.29, 0.717) is 72.6 Å². The summed E-state index contributed by atoms with van der Waals surface area (Å²) >= 11 is 1.63. The molecule has 3 nitrogen and oxygen atoms in total. The maximum absolute atomic E-state index is 6.63. The molecule has 0 amide bonds. The quantitative estimate of drug-likeness (QED) is 0.175. The van der Waals surface area contributed by atoms with Crippen LogP contribution in [0.1, 0.15) is 61.1 Å². The fourth-order valence-corrected chi connectivity index (χ4v) is 10.7. The summed E-state index contributed by atoms with van der Waals surface area (Å²) in [5.41, 5.74) is 9.17. The molecule has 0 N–H and O–H groups in total. The Bertz CT molecular complexity index is 3160. The zero-order valence-corrected chi connectivity index (χ0v) is 36.3. The van der Waals surface area contributed by atoms with Crippen LogP contribution < -0.4 is 0 Å². The van der Waals surface area contributed by atoms with Gasteiger partial charge in [-0.25, -0.2) is 0 Å². The van der Waals surface area contributed by atoms with Gasteiger partial charge in [-0.05, 0) is 86.2 Å². The predicted octanol–water partition coefficient (Wildman–Crippen LogP) is 6.42. The van der Waals surface area contributed by atoms with Gasteiger partial charge in [-0.2, -0.15) is 4.98 Å². The van der Waals surface area contributed by atoms with Crippen LogP contribution in [0.4, 0.5) is 0 Å². The van der Waals surface area contributed by atoms with Crippen molar-refractivity contribution < 1.29 is 4.42 Å².